The molecule has 0 amide bonds. The largest absolute Gasteiger partial charge is 0.459 e. The zero-order chi connectivity index (χ0) is 13.8. The molecule has 2 aliphatic heterocycles. The predicted octanol–water partition coefficient (Wildman–Crippen LogP) is 3.22. The van der Waals surface area contributed by atoms with Crippen LogP contribution in [0.5, 0.6) is 0 Å². The lowest BCUT2D eigenvalue weighted by Crippen LogP contribution is -2.53. The van der Waals surface area contributed by atoms with Crippen LogP contribution in [0.1, 0.15) is 40.0 Å². The minimum absolute atomic E-state index is 0.159. The van der Waals surface area contributed by atoms with Crippen molar-refractivity contribution in [2.75, 3.05) is 6.61 Å². The molecule has 0 spiro atoms. The fourth-order valence-corrected chi connectivity index (χ4v) is 4.54. The Morgan fingerprint density at radius 2 is 2.11 bits per heavy atom. The Bertz CT molecular complexity index is 443. The predicted molar refractivity (Wildman–Crippen MR) is 76.2 cm³/mol. The van der Waals surface area contributed by atoms with Crippen LogP contribution in [0.3, 0.4) is 0 Å². The van der Waals surface area contributed by atoms with E-state index in [0.29, 0.717) is 17.4 Å². The van der Waals surface area contributed by atoms with E-state index in [0.717, 1.165) is 24.8 Å². The number of alkyl halides is 1. The number of carbonyl (C=O) groups is 1. The highest BCUT2D eigenvalue weighted by Gasteiger charge is 2.54. The van der Waals surface area contributed by atoms with Crippen LogP contribution in [0.15, 0.2) is 11.6 Å². The number of cyclic esters (lactones) is 1. The van der Waals surface area contributed by atoms with E-state index in [2.05, 4.69) is 42.8 Å². The lowest BCUT2D eigenvalue weighted by atomic mass is 9.60. The molecule has 106 valence electrons. The summed E-state index contributed by atoms with van der Waals surface area (Å²) in [5.74, 6) is 0.226. The van der Waals surface area contributed by atoms with Crippen LogP contribution in [0, 0.1) is 11.3 Å². The Balaban J connectivity index is 1.97. The molecule has 2 fully saturated rings. The Labute approximate surface area is 122 Å². The van der Waals surface area contributed by atoms with Crippen molar-refractivity contribution >= 4 is 21.9 Å². The van der Waals surface area contributed by atoms with Gasteiger partial charge in [-0.25, -0.2) is 4.79 Å². The van der Waals surface area contributed by atoms with Crippen molar-refractivity contribution < 1.29 is 14.3 Å². The summed E-state index contributed by atoms with van der Waals surface area (Å²) in [6.07, 6.45) is 4.93. The van der Waals surface area contributed by atoms with E-state index in [1.54, 1.807) is 0 Å². The van der Waals surface area contributed by atoms with Gasteiger partial charge in [-0.1, -0.05) is 35.9 Å². The van der Waals surface area contributed by atoms with Gasteiger partial charge in [0.1, 0.15) is 12.7 Å². The van der Waals surface area contributed by atoms with Crippen molar-refractivity contribution in [3.05, 3.63) is 11.6 Å². The number of esters is 1. The molecule has 0 aromatic carbocycles. The van der Waals surface area contributed by atoms with Crippen molar-refractivity contribution in [1.82, 2.24) is 0 Å². The normalized spacial score (nSPS) is 44.7. The minimum Gasteiger partial charge on any atom is -0.459 e. The molecule has 1 saturated carbocycles. The number of rotatable bonds is 0. The van der Waals surface area contributed by atoms with Crippen molar-refractivity contribution in [1.29, 1.82) is 0 Å². The van der Waals surface area contributed by atoms with E-state index in [1.165, 1.54) is 0 Å². The van der Waals surface area contributed by atoms with Gasteiger partial charge in [0.05, 0.1) is 11.2 Å². The molecule has 0 unspecified atom stereocenters. The second kappa shape index (κ2) is 4.32. The molecule has 0 aromatic rings. The van der Waals surface area contributed by atoms with Crippen LogP contribution < -0.4 is 0 Å². The Kier molecular flexibility index (Phi) is 3.10. The smallest absolute Gasteiger partial charge is 0.336 e. The van der Waals surface area contributed by atoms with Crippen molar-refractivity contribution in [2.24, 2.45) is 11.3 Å². The summed E-state index contributed by atoms with van der Waals surface area (Å²) in [7, 11) is 0. The van der Waals surface area contributed by atoms with E-state index in [9.17, 15) is 4.79 Å². The number of halogens is 1. The SMILES string of the molecule is CC1(C)[C@H](Br)CC[C@]2(C)O[C@H]3COC(=O)C3=CC[C@@H]12. The van der Waals surface area contributed by atoms with Crippen molar-refractivity contribution in [3.63, 3.8) is 0 Å². The third-order valence-electron chi connectivity index (χ3n) is 5.27. The van der Waals surface area contributed by atoms with Gasteiger partial charge in [0, 0.05) is 4.83 Å². The molecule has 1 aliphatic carbocycles. The summed E-state index contributed by atoms with van der Waals surface area (Å²) < 4.78 is 11.5. The maximum atomic E-state index is 11.7. The molecule has 2 heterocycles. The highest BCUT2D eigenvalue weighted by molar-refractivity contribution is 9.09. The van der Waals surface area contributed by atoms with Gasteiger partial charge >= 0.3 is 5.97 Å². The van der Waals surface area contributed by atoms with Crippen LogP contribution in [0.25, 0.3) is 0 Å². The Morgan fingerprint density at radius 1 is 1.37 bits per heavy atom. The molecule has 4 heteroatoms. The quantitative estimate of drug-likeness (QED) is 0.506. The molecule has 19 heavy (non-hydrogen) atoms. The number of carbonyl (C=O) groups excluding carboxylic acids is 1. The van der Waals surface area contributed by atoms with Crippen LogP contribution >= 0.6 is 15.9 Å². The maximum Gasteiger partial charge on any atom is 0.336 e. The van der Waals surface area contributed by atoms with Gasteiger partial charge in [-0.2, -0.15) is 0 Å². The lowest BCUT2D eigenvalue weighted by molar-refractivity contribution is -0.152. The number of fused-ring (bicyclic) bond motifs is 2. The van der Waals surface area contributed by atoms with Crippen molar-refractivity contribution in [2.45, 2.75) is 56.6 Å². The zero-order valence-corrected chi connectivity index (χ0v) is 13.3. The van der Waals surface area contributed by atoms with E-state index in [1.807, 2.05) is 0 Å². The van der Waals surface area contributed by atoms with Gasteiger partial charge in [0.2, 0.25) is 0 Å². The highest BCUT2D eigenvalue weighted by Crippen LogP contribution is 2.54. The molecule has 1 saturated heterocycles. The Hall–Kier alpha value is -0.350. The summed E-state index contributed by atoms with van der Waals surface area (Å²) in [5.41, 5.74) is 0.731. The number of allylic oxidation sites excluding steroid dienone is 1. The summed E-state index contributed by atoms with van der Waals surface area (Å²) in [6.45, 7) is 7.19. The first-order chi connectivity index (χ1) is 8.84. The highest BCUT2D eigenvalue weighted by atomic mass is 79.9. The maximum absolute atomic E-state index is 11.7. The molecule has 0 aromatic heterocycles. The molecular weight excluding hydrogens is 308 g/mol. The molecular formula is C15H21BrO3. The van der Waals surface area contributed by atoms with Crippen molar-refractivity contribution in [3.8, 4) is 0 Å². The van der Waals surface area contributed by atoms with Gasteiger partial charge in [0.25, 0.3) is 0 Å². The zero-order valence-electron chi connectivity index (χ0n) is 11.7. The van der Waals surface area contributed by atoms with Gasteiger partial charge < -0.3 is 9.47 Å². The number of hydrogen-bond donors (Lipinski definition) is 0. The first kappa shape index (κ1) is 13.6. The van der Waals surface area contributed by atoms with Gasteiger partial charge in [-0.3, -0.25) is 0 Å². The van der Waals surface area contributed by atoms with Gasteiger partial charge in [-0.05, 0) is 37.5 Å². The van der Waals surface area contributed by atoms with Gasteiger partial charge in [-0.15, -0.1) is 0 Å². The van der Waals surface area contributed by atoms with E-state index in [4.69, 9.17) is 9.47 Å². The lowest BCUT2D eigenvalue weighted by Gasteiger charge is -2.52. The molecule has 0 radical (unpaired) electrons. The van der Waals surface area contributed by atoms with Crippen LogP contribution in [0.4, 0.5) is 0 Å². The minimum atomic E-state index is -0.194. The second-order valence-electron chi connectivity index (χ2n) is 6.79. The third kappa shape index (κ3) is 1.99. The molecule has 3 nitrogen and oxygen atoms in total. The summed E-state index contributed by atoms with van der Waals surface area (Å²) in [5, 5.41) is 0. The van der Waals surface area contributed by atoms with Crippen LogP contribution in [0.2, 0.25) is 0 Å². The number of ether oxygens (including phenoxy) is 2. The first-order valence-corrected chi connectivity index (χ1v) is 7.95. The van der Waals surface area contributed by atoms with Gasteiger partial charge in [0.15, 0.2) is 0 Å². The Morgan fingerprint density at radius 3 is 2.84 bits per heavy atom. The number of hydrogen-bond acceptors (Lipinski definition) is 3. The summed E-state index contributed by atoms with van der Waals surface area (Å²) in [4.78, 5) is 12.2. The van der Waals surface area contributed by atoms with E-state index in [-0.39, 0.29) is 23.1 Å². The molecule has 4 atom stereocenters. The van der Waals surface area contributed by atoms with E-state index < -0.39 is 0 Å². The van der Waals surface area contributed by atoms with E-state index >= 15 is 0 Å². The fourth-order valence-electron chi connectivity index (χ4n) is 4.00. The second-order valence-corrected chi connectivity index (χ2v) is 7.90. The monoisotopic (exact) mass is 328 g/mol. The molecule has 0 bridgehead atoms. The molecule has 3 rings (SSSR count). The summed E-state index contributed by atoms with van der Waals surface area (Å²) >= 11 is 3.83. The summed E-state index contributed by atoms with van der Waals surface area (Å²) in [6, 6.07) is 0. The molecule has 0 N–H and O–H groups in total. The fraction of sp³-hybridized carbons (Fsp3) is 0.800. The van der Waals surface area contributed by atoms with Crippen LogP contribution in [-0.4, -0.2) is 29.1 Å². The topological polar surface area (TPSA) is 35.5 Å². The molecule has 3 aliphatic rings. The first-order valence-electron chi connectivity index (χ1n) is 7.03. The average Bonchev–Trinajstić information content (AvgIpc) is 2.58. The van der Waals surface area contributed by atoms with Crippen LogP contribution in [-0.2, 0) is 14.3 Å². The average molecular weight is 329 g/mol. The third-order valence-corrected chi connectivity index (χ3v) is 6.91. The standard InChI is InChI=1S/C15H21BrO3/c1-14(2)11-5-4-9-10(8-18-13(9)17)19-15(11,3)7-6-12(14)16/h4,10-12H,5-8H2,1-3H3/t10-,11-,12+,15-/m0/s1.